The van der Waals surface area contributed by atoms with E-state index in [4.69, 9.17) is 20.5 Å². The van der Waals surface area contributed by atoms with Crippen LogP contribution in [-0.2, 0) is 16.0 Å². The van der Waals surface area contributed by atoms with Crippen molar-refractivity contribution in [2.75, 3.05) is 12.5 Å². The van der Waals surface area contributed by atoms with Crippen LogP contribution >= 0.6 is 0 Å². The molecule has 2 heterocycles. The van der Waals surface area contributed by atoms with Crippen LogP contribution < -0.4 is 10.3 Å². The smallest absolute Gasteiger partial charge is 0.270 e. The number of hydrogen-bond acceptors (Lipinski definition) is 4. The van der Waals surface area contributed by atoms with Crippen LogP contribution in [0.3, 0.4) is 0 Å². The molecule has 6 heteroatoms. The fraction of sp³-hybridized carbons (Fsp3) is 0.667. The average molecular weight is 249 g/mol. The van der Waals surface area contributed by atoms with Crippen molar-refractivity contribution in [3.63, 3.8) is 0 Å². The second-order valence-electron chi connectivity index (χ2n) is 5.01. The van der Waals surface area contributed by atoms with E-state index in [0.29, 0.717) is 24.2 Å². The SMILES string of the molecule is N#Cc1[nH]c[n+](CC2CCC3OCOC3C2)c1N. The summed E-state index contributed by atoms with van der Waals surface area (Å²) in [6, 6.07) is 2.04. The number of aromatic nitrogens is 2. The van der Waals surface area contributed by atoms with E-state index in [1.807, 2.05) is 10.6 Å². The number of aromatic amines is 1. The Labute approximate surface area is 105 Å². The van der Waals surface area contributed by atoms with E-state index < -0.39 is 0 Å². The Kier molecular flexibility index (Phi) is 2.94. The lowest BCUT2D eigenvalue weighted by atomic mass is 9.85. The van der Waals surface area contributed by atoms with Gasteiger partial charge in [0.15, 0.2) is 6.33 Å². The zero-order chi connectivity index (χ0) is 12.5. The minimum Gasteiger partial charge on any atom is -0.349 e. The Morgan fingerprint density at radius 3 is 3.06 bits per heavy atom. The molecule has 0 bridgehead atoms. The molecule has 0 aromatic carbocycles. The number of nitrogens with one attached hydrogen (secondary N) is 1. The highest BCUT2D eigenvalue weighted by Crippen LogP contribution is 2.32. The third-order valence-electron chi connectivity index (χ3n) is 3.90. The molecule has 96 valence electrons. The molecule has 2 fully saturated rings. The minimum atomic E-state index is 0.236. The Morgan fingerprint density at radius 2 is 2.28 bits per heavy atom. The number of imidazole rings is 1. The summed E-state index contributed by atoms with van der Waals surface area (Å²) in [5.41, 5.74) is 6.33. The number of ether oxygens (including phenoxy) is 2. The molecule has 0 amide bonds. The van der Waals surface area contributed by atoms with E-state index >= 15 is 0 Å². The molecule has 3 unspecified atom stereocenters. The third kappa shape index (κ3) is 1.96. The van der Waals surface area contributed by atoms with Crippen LogP contribution in [0, 0.1) is 17.2 Å². The van der Waals surface area contributed by atoms with Crippen LogP contribution in [0.4, 0.5) is 5.82 Å². The summed E-state index contributed by atoms with van der Waals surface area (Å²) in [6.45, 7) is 1.26. The fourth-order valence-corrected chi connectivity index (χ4v) is 2.88. The summed E-state index contributed by atoms with van der Waals surface area (Å²) in [7, 11) is 0. The van der Waals surface area contributed by atoms with Crippen LogP contribution in [0.25, 0.3) is 0 Å². The highest BCUT2D eigenvalue weighted by atomic mass is 16.7. The predicted molar refractivity (Wildman–Crippen MR) is 62.1 cm³/mol. The quantitative estimate of drug-likeness (QED) is 0.738. The van der Waals surface area contributed by atoms with E-state index in [1.165, 1.54) is 0 Å². The zero-order valence-electron chi connectivity index (χ0n) is 10.1. The first-order chi connectivity index (χ1) is 8.78. The van der Waals surface area contributed by atoms with Crippen molar-refractivity contribution in [3.05, 3.63) is 12.0 Å². The van der Waals surface area contributed by atoms with Crippen molar-refractivity contribution >= 4 is 5.82 Å². The lowest BCUT2D eigenvalue weighted by molar-refractivity contribution is -0.689. The fourth-order valence-electron chi connectivity index (χ4n) is 2.88. The number of nitrogens with zero attached hydrogens (tertiary/aromatic N) is 2. The van der Waals surface area contributed by atoms with Crippen molar-refractivity contribution in [3.8, 4) is 6.07 Å². The van der Waals surface area contributed by atoms with Crippen LogP contribution in [0.15, 0.2) is 6.33 Å². The highest BCUT2D eigenvalue weighted by Gasteiger charge is 2.36. The first-order valence-electron chi connectivity index (χ1n) is 6.27. The molecule has 3 atom stereocenters. The van der Waals surface area contributed by atoms with Crippen molar-refractivity contribution in [1.29, 1.82) is 5.26 Å². The molecule has 1 aliphatic carbocycles. The summed E-state index contributed by atoms with van der Waals surface area (Å²) >= 11 is 0. The van der Waals surface area contributed by atoms with Gasteiger partial charge in [0.2, 0.25) is 5.69 Å². The lowest BCUT2D eigenvalue weighted by Crippen LogP contribution is -2.42. The van der Waals surface area contributed by atoms with E-state index in [1.54, 1.807) is 6.33 Å². The Hall–Kier alpha value is -1.58. The maximum Gasteiger partial charge on any atom is 0.270 e. The van der Waals surface area contributed by atoms with Gasteiger partial charge in [0.25, 0.3) is 5.82 Å². The van der Waals surface area contributed by atoms with Gasteiger partial charge in [0, 0.05) is 0 Å². The monoisotopic (exact) mass is 249 g/mol. The number of hydrogen-bond donors (Lipinski definition) is 2. The van der Waals surface area contributed by atoms with Gasteiger partial charge in [0.05, 0.1) is 18.8 Å². The number of nitrogens with two attached hydrogens (primary N) is 1. The van der Waals surface area contributed by atoms with E-state index in [0.717, 1.165) is 25.8 Å². The highest BCUT2D eigenvalue weighted by molar-refractivity contribution is 5.37. The number of nitriles is 1. The average Bonchev–Trinajstić information content (AvgIpc) is 2.97. The van der Waals surface area contributed by atoms with Gasteiger partial charge in [-0.3, -0.25) is 4.98 Å². The molecule has 0 radical (unpaired) electrons. The number of nitrogen functional groups attached to an aromatic ring is 1. The second kappa shape index (κ2) is 4.59. The van der Waals surface area contributed by atoms with E-state index in [2.05, 4.69) is 4.98 Å². The molecule has 1 saturated heterocycles. The maximum atomic E-state index is 8.85. The third-order valence-corrected chi connectivity index (χ3v) is 3.90. The van der Waals surface area contributed by atoms with E-state index in [-0.39, 0.29) is 12.2 Å². The lowest BCUT2D eigenvalue weighted by Gasteiger charge is -2.28. The van der Waals surface area contributed by atoms with Gasteiger partial charge in [0.1, 0.15) is 12.9 Å². The van der Waals surface area contributed by atoms with Gasteiger partial charge in [-0.05, 0) is 25.2 Å². The Morgan fingerprint density at radius 1 is 1.44 bits per heavy atom. The molecule has 1 aromatic heterocycles. The summed E-state index contributed by atoms with van der Waals surface area (Å²) < 4.78 is 13.0. The molecule has 3 N–H and O–H groups in total. The summed E-state index contributed by atoms with van der Waals surface area (Å²) in [5.74, 6) is 1.05. The summed E-state index contributed by atoms with van der Waals surface area (Å²) in [6.07, 6.45) is 5.45. The first-order valence-corrected chi connectivity index (χ1v) is 6.27. The molecule has 3 rings (SSSR count). The molecular weight excluding hydrogens is 232 g/mol. The molecule has 18 heavy (non-hydrogen) atoms. The van der Waals surface area contributed by atoms with Gasteiger partial charge < -0.3 is 15.2 Å². The van der Waals surface area contributed by atoms with Crippen LogP contribution in [0.1, 0.15) is 25.0 Å². The summed E-state index contributed by atoms with van der Waals surface area (Å²) in [4.78, 5) is 2.88. The zero-order valence-corrected chi connectivity index (χ0v) is 10.1. The molecule has 1 aromatic rings. The predicted octanol–water partition coefficient (Wildman–Crippen LogP) is 0.298. The molecule has 0 spiro atoms. The molecule has 1 saturated carbocycles. The normalized spacial score (nSPS) is 30.9. The van der Waals surface area contributed by atoms with Crippen LogP contribution in [0.5, 0.6) is 0 Å². The number of H-pyrrole nitrogens is 1. The van der Waals surface area contributed by atoms with Crippen LogP contribution in [0.2, 0.25) is 0 Å². The van der Waals surface area contributed by atoms with E-state index in [9.17, 15) is 0 Å². The van der Waals surface area contributed by atoms with Gasteiger partial charge in [-0.15, -0.1) is 0 Å². The van der Waals surface area contributed by atoms with Gasteiger partial charge in [-0.2, -0.15) is 5.26 Å². The minimum absolute atomic E-state index is 0.236. The van der Waals surface area contributed by atoms with Crippen molar-refractivity contribution < 1.29 is 14.0 Å². The number of rotatable bonds is 2. The van der Waals surface area contributed by atoms with Crippen molar-refractivity contribution in [1.82, 2.24) is 4.98 Å². The standard InChI is InChI=1S/C12H16N4O2/c13-4-9-12(14)16(6-15-9)5-8-1-2-10-11(3-8)18-7-17-10/h6,8,10-11H,1-3,5,7,14H2/p+1. The topological polar surface area (TPSA) is 87.9 Å². The van der Waals surface area contributed by atoms with Crippen molar-refractivity contribution in [2.45, 2.75) is 38.0 Å². The largest absolute Gasteiger partial charge is 0.349 e. The molecule has 2 aliphatic rings. The number of fused-ring (bicyclic) bond motifs is 1. The van der Waals surface area contributed by atoms with Crippen molar-refractivity contribution in [2.24, 2.45) is 5.92 Å². The van der Waals surface area contributed by atoms with Gasteiger partial charge in [-0.1, -0.05) is 0 Å². The number of anilines is 1. The van der Waals surface area contributed by atoms with Crippen LogP contribution in [-0.4, -0.2) is 24.0 Å². The Bertz CT molecular complexity index is 479. The van der Waals surface area contributed by atoms with Gasteiger partial charge >= 0.3 is 0 Å². The molecular formula is C12H17N4O2+. The molecule has 6 nitrogen and oxygen atoms in total. The molecule has 1 aliphatic heterocycles. The summed E-state index contributed by atoms with van der Waals surface area (Å²) in [5, 5.41) is 8.85. The maximum absolute atomic E-state index is 8.85. The van der Waals surface area contributed by atoms with Gasteiger partial charge in [-0.25, -0.2) is 4.57 Å². The second-order valence-corrected chi connectivity index (χ2v) is 5.01. The Balaban J connectivity index is 1.66. The first kappa shape index (κ1) is 11.5.